The van der Waals surface area contributed by atoms with Gasteiger partial charge >= 0.3 is 6.16 Å². The molecule has 0 amide bonds. The zero-order valence-electron chi connectivity index (χ0n) is 14.9. The first-order valence-electron chi connectivity index (χ1n) is 8.16. The smallest absolute Gasteiger partial charge is 0.497 e. The third-order valence-electron chi connectivity index (χ3n) is 3.69. The van der Waals surface area contributed by atoms with E-state index in [0.29, 0.717) is 16.9 Å². The van der Waals surface area contributed by atoms with E-state index >= 15 is 0 Å². The fourth-order valence-electron chi connectivity index (χ4n) is 2.49. The van der Waals surface area contributed by atoms with E-state index in [2.05, 4.69) is 5.10 Å². The van der Waals surface area contributed by atoms with Crippen LogP contribution < -0.4 is 9.47 Å². The summed E-state index contributed by atoms with van der Waals surface area (Å²) in [5, 5.41) is 4.06. The van der Waals surface area contributed by atoms with Gasteiger partial charge in [-0.3, -0.25) is 0 Å². The molecule has 0 atom stereocenters. The molecule has 0 aliphatic carbocycles. The molecule has 0 unspecified atom stereocenters. The molecule has 0 radical (unpaired) electrons. The highest BCUT2D eigenvalue weighted by Gasteiger charge is 2.18. The number of carbonyl (C=O) groups excluding carboxylic acids is 1. The highest BCUT2D eigenvalue weighted by Crippen LogP contribution is 2.31. The van der Waals surface area contributed by atoms with Gasteiger partial charge in [0.2, 0.25) is 5.88 Å². The van der Waals surface area contributed by atoms with Crippen molar-refractivity contribution in [3.8, 4) is 28.6 Å². The van der Waals surface area contributed by atoms with Crippen molar-refractivity contribution in [2.75, 3.05) is 13.7 Å². The first-order valence-corrected chi connectivity index (χ1v) is 8.54. The quantitative estimate of drug-likeness (QED) is 0.555. The minimum absolute atomic E-state index is 0.0860. The van der Waals surface area contributed by atoms with Crippen molar-refractivity contribution in [1.82, 2.24) is 9.78 Å². The first kappa shape index (κ1) is 19.6. The van der Waals surface area contributed by atoms with Gasteiger partial charge in [0.25, 0.3) is 0 Å². The lowest BCUT2D eigenvalue weighted by Crippen LogP contribution is -2.10. The highest BCUT2D eigenvalue weighted by molar-refractivity contribution is 6.30. The monoisotopic (exact) mass is 408 g/mol. The number of nitrogens with zero attached hydrogens (tertiary/aromatic N) is 2. The van der Waals surface area contributed by atoms with Gasteiger partial charge in [-0.25, -0.2) is 18.3 Å². The molecule has 28 heavy (non-hydrogen) atoms. The molecule has 0 bridgehead atoms. The minimum atomic E-state index is -0.937. The van der Waals surface area contributed by atoms with E-state index in [1.807, 2.05) is 0 Å². The number of methoxy groups -OCH3 is 1. The van der Waals surface area contributed by atoms with Gasteiger partial charge in [0, 0.05) is 17.7 Å². The molecule has 1 heterocycles. The van der Waals surface area contributed by atoms with Crippen LogP contribution in [0.4, 0.5) is 13.6 Å². The molecule has 0 N–H and O–H groups in total. The number of aromatic nitrogens is 2. The van der Waals surface area contributed by atoms with Crippen LogP contribution in [0.1, 0.15) is 6.92 Å². The summed E-state index contributed by atoms with van der Waals surface area (Å²) >= 11 is 5.87. The number of hydrogen-bond acceptors (Lipinski definition) is 5. The Morgan fingerprint density at radius 2 is 1.96 bits per heavy atom. The van der Waals surface area contributed by atoms with Gasteiger partial charge in [-0.05, 0) is 37.3 Å². The molecule has 0 fully saturated rings. The fraction of sp³-hybridized carbons (Fsp3) is 0.158. The third kappa shape index (κ3) is 4.23. The Bertz CT molecular complexity index is 1020. The van der Waals surface area contributed by atoms with E-state index in [9.17, 15) is 13.6 Å². The summed E-state index contributed by atoms with van der Waals surface area (Å²) in [5.41, 5.74) is 1.13. The molecule has 0 aliphatic heterocycles. The topological polar surface area (TPSA) is 62.6 Å². The molecule has 6 nitrogen and oxygen atoms in total. The third-order valence-corrected chi connectivity index (χ3v) is 3.98. The molecule has 0 saturated carbocycles. The van der Waals surface area contributed by atoms with E-state index in [1.165, 1.54) is 48.2 Å². The maximum absolute atomic E-state index is 14.0. The predicted molar refractivity (Wildman–Crippen MR) is 98.1 cm³/mol. The van der Waals surface area contributed by atoms with Crippen molar-refractivity contribution < 1.29 is 27.8 Å². The molecule has 9 heteroatoms. The van der Waals surface area contributed by atoms with Crippen LogP contribution in [-0.4, -0.2) is 29.7 Å². The number of halogens is 3. The van der Waals surface area contributed by atoms with Gasteiger partial charge in [-0.15, -0.1) is 5.10 Å². The Morgan fingerprint density at radius 1 is 1.18 bits per heavy atom. The number of ether oxygens (including phenoxy) is 3. The zero-order chi connectivity index (χ0) is 20.3. The summed E-state index contributed by atoms with van der Waals surface area (Å²) in [6.07, 6.45) is -0.937. The summed E-state index contributed by atoms with van der Waals surface area (Å²) in [6, 6.07) is 9.42. The molecule has 146 valence electrons. The lowest BCUT2D eigenvalue weighted by atomic mass is 10.1. The summed E-state index contributed by atoms with van der Waals surface area (Å²) in [7, 11) is 1.41. The molecular weight excluding hydrogens is 394 g/mol. The number of rotatable bonds is 5. The molecule has 1 aromatic heterocycles. The fourth-order valence-corrected chi connectivity index (χ4v) is 2.66. The number of hydrogen-bond donors (Lipinski definition) is 0. The Hall–Kier alpha value is -3.13. The maximum atomic E-state index is 14.0. The Morgan fingerprint density at radius 3 is 2.64 bits per heavy atom. The molecule has 0 saturated heterocycles. The molecule has 3 aromatic rings. The van der Waals surface area contributed by atoms with E-state index in [0.717, 1.165) is 0 Å². The predicted octanol–water partition coefficient (Wildman–Crippen LogP) is 5.01. The average molecular weight is 409 g/mol. The van der Waals surface area contributed by atoms with Crippen LogP contribution in [0.25, 0.3) is 16.9 Å². The van der Waals surface area contributed by atoms with Crippen molar-refractivity contribution in [1.29, 1.82) is 0 Å². The van der Waals surface area contributed by atoms with Gasteiger partial charge in [-0.2, -0.15) is 0 Å². The van der Waals surface area contributed by atoms with E-state index in [1.54, 1.807) is 13.0 Å². The van der Waals surface area contributed by atoms with Gasteiger partial charge < -0.3 is 14.2 Å². The second-order valence-corrected chi connectivity index (χ2v) is 5.95. The average Bonchev–Trinajstić information content (AvgIpc) is 3.07. The zero-order valence-corrected chi connectivity index (χ0v) is 15.7. The number of carbonyl (C=O) groups is 1. The van der Waals surface area contributed by atoms with Gasteiger partial charge in [0.1, 0.15) is 17.4 Å². The SMILES string of the molecule is CCOC(=O)Oc1cc(-c2cc(F)cc(OC)c2)n(-c2ccc(F)c(Cl)c2)n1. The van der Waals surface area contributed by atoms with Crippen LogP contribution in [0.3, 0.4) is 0 Å². The summed E-state index contributed by atoms with van der Waals surface area (Å²) < 4.78 is 43.7. The van der Waals surface area contributed by atoms with Gasteiger partial charge in [-0.1, -0.05) is 11.6 Å². The second kappa shape index (κ2) is 8.26. The Balaban J connectivity index is 2.13. The van der Waals surface area contributed by atoms with E-state index < -0.39 is 17.8 Å². The van der Waals surface area contributed by atoms with Crippen molar-refractivity contribution in [2.24, 2.45) is 0 Å². The van der Waals surface area contributed by atoms with Crippen LogP contribution >= 0.6 is 11.6 Å². The molecular formula is C19H15ClF2N2O4. The molecule has 0 spiro atoms. The van der Waals surface area contributed by atoms with Crippen LogP contribution in [0, 0.1) is 11.6 Å². The summed E-state index contributed by atoms with van der Waals surface area (Å²) in [4.78, 5) is 11.6. The largest absolute Gasteiger partial charge is 0.515 e. The lowest BCUT2D eigenvalue weighted by molar-refractivity contribution is 0.102. The van der Waals surface area contributed by atoms with Crippen LogP contribution in [0.5, 0.6) is 11.6 Å². The number of benzene rings is 2. The molecule has 0 aliphatic rings. The van der Waals surface area contributed by atoms with Crippen molar-refractivity contribution in [2.45, 2.75) is 6.92 Å². The standard InChI is InChI=1S/C19H15ClF2N2O4/c1-3-27-19(25)28-18-10-17(11-6-12(21)8-14(7-11)26-2)24(23-18)13-4-5-16(22)15(20)9-13/h4-10H,3H2,1-2H3. The lowest BCUT2D eigenvalue weighted by Gasteiger charge is -2.09. The molecule has 3 rings (SSSR count). The van der Waals surface area contributed by atoms with E-state index in [-0.39, 0.29) is 23.3 Å². The molecule has 2 aromatic carbocycles. The summed E-state index contributed by atoms with van der Waals surface area (Å²) in [6.45, 7) is 1.76. The van der Waals surface area contributed by atoms with Crippen LogP contribution in [0.15, 0.2) is 42.5 Å². The van der Waals surface area contributed by atoms with Crippen molar-refractivity contribution >= 4 is 17.8 Å². The van der Waals surface area contributed by atoms with Gasteiger partial charge in [0.05, 0.1) is 30.1 Å². The second-order valence-electron chi connectivity index (χ2n) is 5.54. The Labute approximate surface area is 164 Å². The minimum Gasteiger partial charge on any atom is -0.497 e. The summed E-state index contributed by atoms with van der Waals surface area (Å²) in [5.74, 6) is -0.938. The van der Waals surface area contributed by atoms with Crippen molar-refractivity contribution in [3.05, 3.63) is 59.1 Å². The van der Waals surface area contributed by atoms with Crippen LogP contribution in [-0.2, 0) is 4.74 Å². The highest BCUT2D eigenvalue weighted by atomic mass is 35.5. The normalized spacial score (nSPS) is 10.6. The maximum Gasteiger partial charge on any atom is 0.515 e. The first-order chi connectivity index (χ1) is 13.4. The van der Waals surface area contributed by atoms with Gasteiger partial charge in [0.15, 0.2) is 0 Å². The van der Waals surface area contributed by atoms with Crippen LogP contribution in [0.2, 0.25) is 5.02 Å². The van der Waals surface area contributed by atoms with Crippen molar-refractivity contribution in [3.63, 3.8) is 0 Å². The van der Waals surface area contributed by atoms with E-state index in [4.69, 9.17) is 25.8 Å². The Kier molecular flexibility index (Phi) is 5.79.